The van der Waals surface area contributed by atoms with E-state index >= 15 is 0 Å². The van der Waals surface area contributed by atoms with E-state index in [4.69, 9.17) is 0 Å². The zero-order chi connectivity index (χ0) is 12.7. The van der Waals surface area contributed by atoms with Gasteiger partial charge >= 0.3 is 0 Å². The molecule has 0 radical (unpaired) electrons. The number of nitrogens with one attached hydrogen (secondary N) is 1. The van der Waals surface area contributed by atoms with Crippen molar-refractivity contribution in [1.82, 2.24) is 5.32 Å². The Morgan fingerprint density at radius 2 is 1.76 bits per heavy atom. The number of benzene rings is 1. The van der Waals surface area contributed by atoms with Gasteiger partial charge in [-0.2, -0.15) is 0 Å². The lowest BCUT2D eigenvalue weighted by Gasteiger charge is -2.23. The Hall–Kier alpha value is -0.860. The van der Waals surface area contributed by atoms with E-state index < -0.39 is 6.10 Å². The van der Waals surface area contributed by atoms with Gasteiger partial charge in [0.1, 0.15) is 0 Å². The summed E-state index contributed by atoms with van der Waals surface area (Å²) in [5.41, 5.74) is 2.33. The number of hydrogen-bond acceptors (Lipinski definition) is 2. The molecule has 17 heavy (non-hydrogen) atoms. The molecule has 2 N–H and O–H groups in total. The third-order valence-electron chi connectivity index (χ3n) is 3.21. The van der Waals surface area contributed by atoms with Crippen molar-refractivity contribution < 1.29 is 5.11 Å². The first-order valence-electron chi connectivity index (χ1n) is 6.73. The van der Waals surface area contributed by atoms with Crippen molar-refractivity contribution in [3.05, 3.63) is 35.4 Å². The highest BCUT2D eigenvalue weighted by Gasteiger charge is 2.17. The summed E-state index contributed by atoms with van der Waals surface area (Å²) < 4.78 is 0. The minimum Gasteiger partial charge on any atom is -0.387 e. The van der Waals surface area contributed by atoms with E-state index in [-0.39, 0.29) is 6.04 Å². The van der Waals surface area contributed by atoms with E-state index in [2.05, 4.69) is 38.2 Å². The molecule has 0 bridgehead atoms. The number of aliphatic hydroxyl groups is 1. The molecule has 1 rings (SSSR count). The van der Waals surface area contributed by atoms with E-state index in [9.17, 15) is 5.11 Å². The molecule has 1 aromatic rings. The van der Waals surface area contributed by atoms with Crippen molar-refractivity contribution in [2.24, 2.45) is 0 Å². The monoisotopic (exact) mass is 235 g/mol. The lowest BCUT2D eigenvalue weighted by molar-refractivity contribution is 0.126. The molecule has 2 heteroatoms. The van der Waals surface area contributed by atoms with E-state index in [0.29, 0.717) is 0 Å². The highest BCUT2D eigenvalue weighted by molar-refractivity contribution is 5.25. The predicted octanol–water partition coefficient (Wildman–Crippen LogP) is 3.06. The zero-order valence-corrected chi connectivity index (χ0v) is 11.2. The minimum atomic E-state index is -0.405. The van der Waals surface area contributed by atoms with E-state index in [1.807, 2.05) is 12.1 Å². The Morgan fingerprint density at radius 1 is 1.12 bits per heavy atom. The topological polar surface area (TPSA) is 32.3 Å². The molecule has 1 aromatic carbocycles. The van der Waals surface area contributed by atoms with E-state index in [1.54, 1.807) is 0 Å². The summed E-state index contributed by atoms with van der Waals surface area (Å²) in [6.45, 7) is 7.35. The van der Waals surface area contributed by atoms with Gasteiger partial charge in [-0.25, -0.2) is 0 Å². The highest BCUT2D eigenvalue weighted by Crippen LogP contribution is 2.19. The van der Waals surface area contributed by atoms with Crippen molar-refractivity contribution in [3.8, 4) is 0 Å². The molecule has 0 spiro atoms. The highest BCUT2D eigenvalue weighted by atomic mass is 16.3. The van der Waals surface area contributed by atoms with Gasteiger partial charge < -0.3 is 10.4 Å². The van der Waals surface area contributed by atoms with Crippen LogP contribution in [0.2, 0.25) is 0 Å². The first kappa shape index (κ1) is 14.2. The second kappa shape index (κ2) is 7.46. The van der Waals surface area contributed by atoms with Crippen LogP contribution in [0.25, 0.3) is 0 Å². The molecule has 0 saturated carbocycles. The van der Waals surface area contributed by atoms with Gasteiger partial charge in [0, 0.05) is 6.04 Å². The smallest absolute Gasteiger partial charge is 0.0942 e. The molecule has 2 nitrogen and oxygen atoms in total. The third-order valence-corrected chi connectivity index (χ3v) is 3.21. The first-order valence-corrected chi connectivity index (χ1v) is 6.73. The van der Waals surface area contributed by atoms with Gasteiger partial charge in [0.15, 0.2) is 0 Å². The van der Waals surface area contributed by atoms with Crippen molar-refractivity contribution in [1.29, 1.82) is 0 Å². The Kier molecular flexibility index (Phi) is 6.23. The van der Waals surface area contributed by atoms with Gasteiger partial charge in [0.05, 0.1) is 6.10 Å². The fourth-order valence-corrected chi connectivity index (χ4v) is 1.99. The van der Waals surface area contributed by atoms with Crippen LogP contribution >= 0.6 is 0 Å². The number of aryl methyl sites for hydroxylation is 1. The summed E-state index contributed by atoms with van der Waals surface area (Å²) in [5, 5.41) is 13.7. The molecule has 0 heterocycles. The maximum atomic E-state index is 10.3. The third kappa shape index (κ3) is 4.14. The van der Waals surface area contributed by atoms with Crippen LogP contribution in [0, 0.1) is 0 Å². The second-order valence-corrected chi connectivity index (χ2v) is 4.51. The molecule has 2 atom stereocenters. The van der Waals surface area contributed by atoms with Crippen LogP contribution in [0.3, 0.4) is 0 Å². The maximum absolute atomic E-state index is 10.3. The van der Waals surface area contributed by atoms with E-state index in [1.165, 1.54) is 5.56 Å². The maximum Gasteiger partial charge on any atom is 0.0942 e. The molecular weight excluding hydrogens is 210 g/mol. The van der Waals surface area contributed by atoms with Crippen LogP contribution in [0.1, 0.15) is 50.8 Å². The lowest BCUT2D eigenvalue weighted by atomic mass is 9.98. The Bertz CT molecular complexity index is 307. The van der Waals surface area contributed by atoms with Crippen LogP contribution in [0.4, 0.5) is 0 Å². The molecule has 0 aliphatic carbocycles. The van der Waals surface area contributed by atoms with Crippen molar-refractivity contribution in [3.63, 3.8) is 0 Å². The summed E-state index contributed by atoms with van der Waals surface area (Å²) in [6, 6.07) is 8.44. The number of aliphatic hydroxyl groups excluding tert-OH is 1. The van der Waals surface area contributed by atoms with Crippen molar-refractivity contribution >= 4 is 0 Å². The second-order valence-electron chi connectivity index (χ2n) is 4.51. The largest absolute Gasteiger partial charge is 0.387 e. The van der Waals surface area contributed by atoms with Crippen LogP contribution in [0.5, 0.6) is 0 Å². The predicted molar refractivity (Wildman–Crippen MR) is 73.2 cm³/mol. The minimum absolute atomic E-state index is 0.155. The van der Waals surface area contributed by atoms with E-state index in [0.717, 1.165) is 31.4 Å². The van der Waals surface area contributed by atoms with Gasteiger partial charge in [-0.05, 0) is 36.9 Å². The Morgan fingerprint density at radius 3 is 2.24 bits per heavy atom. The molecule has 0 saturated heterocycles. The average Bonchev–Trinajstić information content (AvgIpc) is 2.39. The summed E-state index contributed by atoms with van der Waals surface area (Å²) >= 11 is 0. The number of rotatable bonds is 7. The summed E-state index contributed by atoms with van der Waals surface area (Å²) in [6.07, 6.45) is 2.67. The molecule has 0 fully saturated rings. The number of hydrogen-bond donors (Lipinski definition) is 2. The molecule has 0 aliphatic heterocycles. The van der Waals surface area contributed by atoms with Crippen LogP contribution in [0.15, 0.2) is 24.3 Å². The normalized spacial score (nSPS) is 14.6. The van der Waals surface area contributed by atoms with Crippen molar-refractivity contribution in [2.45, 2.75) is 52.2 Å². The van der Waals surface area contributed by atoms with Crippen LogP contribution < -0.4 is 5.32 Å². The Balaban J connectivity index is 2.67. The molecular formula is C15H25NO. The molecule has 0 aliphatic rings. The average molecular weight is 235 g/mol. The van der Waals surface area contributed by atoms with Gasteiger partial charge in [0.25, 0.3) is 0 Å². The Labute approximate surface area is 105 Å². The zero-order valence-electron chi connectivity index (χ0n) is 11.2. The van der Waals surface area contributed by atoms with Gasteiger partial charge in [0.2, 0.25) is 0 Å². The molecule has 0 aromatic heterocycles. The SMILES string of the molecule is CCCNC(CC)C(O)c1ccc(CC)cc1. The molecule has 96 valence electrons. The van der Waals surface area contributed by atoms with Crippen molar-refractivity contribution in [2.75, 3.05) is 6.54 Å². The van der Waals surface area contributed by atoms with Crippen LogP contribution in [-0.4, -0.2) is 17.7 Å². The van der Waals surface area contributed by atoms with Gasteiger partial charge in [-0.15, -0.1) is 0 Å². The van der Waals surface area contributed by atoms with Crippen LogP contribution in [-0.2, 0) is 6.42 Å². The molecule has 2 unspecified atom stereocenters. The van der Waals surface area contributed by atoms with Gasteiger partial charge in [-0.3, -0.25) is 0 Å². The summed E-state index contributed by atoms with van der Waals surface area (Å²) in [7, 11) is 0. The lowest BCUT2D eigenvalue weighted by Crippen LogP contribution is -2.34. The summed E-state index contributed by atoms with van der Waals surface area (Å²) in [5.74, 6) is 0. The molecule has 0 amide bonds. The van der Waals surface area contributed by atoms with Gasteiger partial charge in [-0.1, -0.05) is 45.0 Å². The standard InChI is InChI=1S/C15H25NO/c1-4-11-16-14(6-3)15(17)13-9-7-12(5-2)8-10-13/h7-10,14-17H,4-6,11H2,1-3H3. The first-order chi connectivity index (χ1) is 8.22. The fourth-order valence-electron chi connectivity index (χ4n) is 1.99. The summed E-state index contributed by atoms with van der Waals surface area (Å²) in [4.78, 5) is 0. The quantitative estimate of drug-likeness (QED) is 0.761. The fraction of sp³-hybridized carbons (Fsp3) is 0.600.